The molecule has 0 aliphatic heterocycles. The highest BCUT2D eigenvalue weighted by Gasteiger charge is 2.17. The van der Waals surface area contributed by atoms with Gasteiger partial charge < -0.3 is 5.32 Å². The normalized spacial score (nSPS) is 12.5. The van der Waals surface area contributed by atoms with Crippen LogP contribution in [0.1, 0.15) is 40.4 Å². The van der Waals surface area contributed by atoms with Gasteiger partial charge in [-0.05, 0) is 31.5 Å². The van der Waals surface area contributed by atoms with Crippen LogP contribution in [-0.4, -0.2) is 26.3 Å². The van der Waals surface area contributed by atoms with Gasteiger partial charge in [0.1, 0.15) is 16.0 Å². The fourth-order valence-electron chi connectivity index (χ4n) is 2.09. The minimum atomic E-state index is -0.125. The number of nitrogens with one attached hydrogen (secondary N) is 2. The number of hydrogen-bond donors (Lipinski definition) is 2. The van der Waals surface area contributed by atoms with Gasteiger partial charge in [0.15, 0.2) is 0 Å². The third-order valence-electron chi connectivity index (χ3n) is 3.23. The Balaban J connectivity index is 1.80. The molecule has 0 spiro atoms. The monoisotopic (exact) mass is 301 g/mol. The maximum atomic E-state index is 12.4. The molecule has 0 saturated carbocycles. The van der Waals surface area contributed by atoms with Gasteiger partial charge in [0.25, 0.3) is 5.91 Å². The number of aromatic nitrogens is 4. The molecule has 7 heteroatoms. The summed E-state index contributed by atoms with van der Waals surface area (Å²) >= 11 is 1.57. The van der Waals surface area contributed by atoms with Crippen molar-refractivity contribution in [3.8, 4) is 0 Å². The van der Waals surface area contributed by atoms with Crippen molar-refractivity contribution in [3.05, 3.63) is 39.8 Å². The molecule has 1 aromatic carbocycles. The smallest absolute Gasteiger partial charge is 0.251 e. The molecule has 0 saturated heterocycles. The molecule has 108 valence electrons. The van der Waals surface area contributed by atoms with Crippen LogP contribution in [0, 0.1) is 6.92 Å². The second kappa shape index (κ2) is 5.61. The number of fused-ring (bicyclic) bond motifs is 1. The van der Waals surface area contributed by atoms with Crippen LogP contribution in [0.5, 0.6) is 0 Å². The number of hydrogen-bond acceptors (Lipinski definition) is 5. The van der Waals surface area contributed by atoms with Gasteiger partial charge in [-0.2, -0.15) is 15.4 Å². The van der Waals surface area contributed by atoms with Crippen molar-refractivity contribution in [3.63, 3.8) is 0 Å². The Hall–Kier alpha value is -2.28. The quantitative estimate of drug-likeness (QED) is 0.776. The van der Waals surface area contributed by atoms with E-state index >= 15 is 0 Å². The number of aromatic amines is 1. The van der Waals surface area contributed by atoms with E-state index in [0.29, 0.717) is 11.1 Å². The number of H-pyrrole nitrogens is 1. The van der Waals surface area contributed by atoms with Crippen molar-refractivity contribution in [1.29, 1.82) is 0 Å². The molecule has 3 aromatic rings. The lowest BCUT2D eigenvalue weighted by atomic mass is 10.1. The highest BCUT2D eigenvalue weighted by molar-refractivity contribution is 7.09. The Bertz CT molecular complexity index is 778. The second-order valence-corrected chi connectivity index (χ2v) is 5.68. The molecular weight excluding hydrogens is 286 g/mol. The van der Waals surface area contributed by atoms with Crippen molar-refractivity contribution in [1.82, 2.24) is 25.7 Å². The van der Waals surface area contributed by atoms with Crippen LogP contribution in [0.4, 0.5) is 0 Å². The molecule has 1 amide bonds. The lowest BCUT2D eigenvalue weighted by Gasteiger charge is -2.14. The molecule has 2 aromatic heterocycles. The van der Waals surface area contributed by atoms with E-state index in [-0.39, 0.29) is 11.9 Å². The topological polar surface area (TPSA) is 83.6 Å². The SMILES string of the molecule is CC[C@@H](NC(=O)c1ccc2n[nH]nc2c1)c1nc(C)cs1. The lowest BCUT2D eigenvalue weighted by molar-refractivity contribution is 0.0935. The molecule has 21 heavy (non-hydrogen) atoms. The standard InChI is InChI=1S/C14H15N5OS/c1-3-10(14-15-8(2)7-21-14)16-13(20)9-4-5-11-12(6-9)18-19-17-11/h4-7,10H,3H2,1-2H3,(H,16,20)(H,17,18,19)/t10-/m1/s1. The van der Waals surface area contributed by atoms with E-state index in [2.05, 4.69) is 25.7 Å². The zero-order chi connectivity index (χ0) is 14.8. The van der Waals surface area contributed by atoms with E-state index < -0.39 is 0 Å². The summed E-state index contributed by atoms with van der Waals surface area (Å²) in [5.41, 5.74) is 2.98. The van der Waals surface area contributed by atoms with Gasteiger partial charge in [-0.1, -0.05) is 6.92 Å². The number of carbonyl (C=O) groups excluding carboxylic acids is 1. The minimum absolute atomic E-state index is 0.0656. The van der Waals surface area contributed by atoms with Crippen molar-refractivity contribution >= 4 is 28.3 Å². The number of rotatable bonds is 4. The van der Waals surface area contributed by atoms with Crippen molar-refractivity contribution < 1.29 is 4.79 Å². The average Bonchev–Trinajstić information content (AvgIpc) is 3.12. The van der Waals surface area contributed by atoms with E-state index in [1.807, 2.05) is 19.2 Å². The Kier molecular flexibility index (Phi) is 3.66. The van der Waals surface area contributed by atoms with Gasteiger partial charge in [-0.25, -0.2) is 4.98 Å². The molecule has 6 nitrogen and oxygen atoms in total. The Morgan fingerprint density at radius 3 is 2.90 bits per heavy atom. The average molecular weight is 301 g/mol. The molecule has 0 fully saturated rings. The predicted molar refractivity (Wildman–Crippen MR) is 81.2 cm³/mol. The fourth-order valence-corrected chi connectivity index (χ4v) is 3.02. The molecule has 0 radical (unpaired) electrons. The van der Waals surface area contributed by atoms with E-state index in [0.717, 1.165) is 22.6 Å². The van der Waals surface area contributed by atoms with E-state index in [1.165, 1.54) is 0 Å². The second-order valence-electron chi connectivity index (χ2n) is 4.79. The molecular formula is C14H15N5OS. The molecule has 0 aliphatic carbocycles. The zero-order valence-corrected chi connectivity index (χ0v) is 12.6. The molecule has 0 unspecified atom stereocenters. The number of nitrogens with zero attached hydrogens (tertiary/aromatic N) is 3. The molecule has 0 aliphatic rings. The Morgan fingerprint density at radius 1 is 1.38 bits per heavy atom. The van der Waals surface area contributed by atoms with Crippen LogP contribution in [0.25, 0.3) is 11.0 Å². The largest absolute Gasteiger partial charge is 0.343 e. The maximum Gasteiger partial charge on any atom is 0.251 e. The van der Waals surface area contributed by atoms with Crippen LogP contribution in [-0.2, 0) is 0 Å². The van der Waals surface area contributed by atoms with Crippen LogP contribution >= 0.6 is 11.3 Å². The summed E-state index contributed by atoms with van der Waals surface area (Å²) in [5.74, 6) is -0.125. The number of benzene rings is 1. The Labute approximate surface area is 125 Å². The van der Waals surface area contributed by atoms with E-state index in [9.17, 15) is 4.79 Å². The maximum absolute atomic E-state index is 12.4. The van der Waals surface area contributed by atoms with Crippen molar-refractivity contribution in [2.24, 2.45) is 0 Å². The summed E-state index contributed by atoms with van der Waals surface area (Å²) in [6.45, 7) is 3.98. The predicted octanol–water partition coefficient (Wildman–Crippen LogP) is 2.60. The van der Waals surface area contributed by atoms with Crippen LogP contribution in [0.15, 0.2) is 23.6 Å². The highest BCUT2D eigenvalue weighted by Crippen LogP contribution is 2.21. The molecule has 3 rings (SSSR count). The highest BCUT2D eigenvalue weighted by atomic mass is 32.1. The molecule has 2 heterocycles. The fraction of sp³-hybridized carbons (Fsp3) is 0.286. The number of aryl methyl sites for hydroxylation is 1. The summed E-state index contributed by atoms with van der Waals surface area (Å²) in [4.78, 5) is 16.8. The van der Waals surface area contributed by atoms with Gasteiger partial charge >= 0.3 is 0 Å². The molecule has 0 bridgehead atoms. The first-order valence-electron chi connectivity index (χ1n) is 6.71. The van der Waals surface area contributed by atoms with Gasteiger partial charge in [-0.15, -0.1) is 11.3 Å². The third-order valence-corrected chi connectivity index (χ3v) is 4.30. The van der Waals surface area contributed by atoms with Crippen molar-refractivity contribution in [2.75, 3.05) is 0 Å². The first-order valence-corrected chi connectivity index (χ1v) is 7.58. The Morgan fingerprint density at radius 2 is 2.19 bits per heavy atom. The molecule has 1 atom stereocenters. The first kappa shape index (κ1) is 13.7. The number of thiazole rings is 1. The van der Waals surface area contributed by atoms with Crippen molar-refractivity contribution in [2.45, 2.75) is 26.3 Å². The third kappa shape index (κ3) is 2.78. The van der Waals surface area contributed by atoms with E-state index in [1.54, 1.807) is 29.5 Å². The zero-order valence-electron chi connectivity index (χ0n) is 11.8. The van der Waals surface area contributed by atoms with Gasteiger partial charge in [0.05, 0.1) is 6.04 Å². The van der Waals surface area contributed by atoms with Gasteiger partial charge in [0.2, 0.25) is 0 Å². The summed E-state index contributed by atoms with van der Waals surface area (Å²) < 4.78 is 0. The van der Waals surface area contributed by atoms with Gasteiger partial charge in [-0.3, -0.25) is 4.79 Å². The molecule has 2 N–H and O–H groups in total. The lowest BCUT2D eigenvalue weighted by Crippen LogP contribution is -2.28. The summed E-state index contributed by atoms with van der Waals surface area (Å²) in [6, 6.07) is 5.19. The summed E-state index contributed by atoms with van der Waals surface area (Å²) in [6.07, 6.45) is 0.797. The summed E-state index contributed by atoms with van der Waals surface area (Å²) in [7, 11) is 0. The van der Waals surface area contributed by atoms with Crippen LogP contribution < -0.4 is 5.32 Å². The minimum Gasteiger partial charge on any atom is -0.343 e. The van der Waals surface area contributed by atoms with Crippen LogP contribution in [0.2, 0.25) is 0 Å². The number of amides is 1. The summed E-state index contributed by atoms with van der Waals surface area (Å²) in [5, 5.41) is 16.5. The van der Waals surface area contributed by atoms with E-state index in [4.69, 9.17) is 0 Å². The van der Waals surface area contributed by atoms with Gasteiger partial charge in [0, 0.05) is 16.6 Å². The first-order chi connectivity index (χ1) is 10.2. The van der Waals surface area contributed by atoms with Crippen LogP contribution in [0.3, 0.4) is 0 Å². The number of carbonyl (C=O) groups is 1.